The number of nitrogens with one attached hydrogen (secondary N) is 1. The first kappa shape index (κ1) is 97.4. The first-order valence-electron chi connectivity index (χ1n) is 35.2. The minimum atomic E-state index is -1.00. The largest absolute Gasteiger partial charge is 0.481 e. The lowest BCUT2D eigenvalue weighted by molar-refractivity contribution is -0.144. The van der Waals surface area contributed by atoms with Gasteiger partial charge in [0.25, 0.3) is 16.7 Å². The summed E-state index contributed by atoms with van der Waals surface area (Å²) in [6.45, 7) is 2.87. The molecule has 0 atom stereocenters. The first-order chi connectivity index (χ1) is 55.5. The van der Waals surface area contributed by atoms with E-state index in [9.17, 15) is 42.7 Å². The molecule has 0 saturated carbocycles. The van der Waals surface area contributed by atoms with Gasteiger partial charge in [0.15, 0.2) is 5.78 Å². The Morgan fingerprint density at radius 3 is 1.32 bits per heavy atom. The molecule has 0 aliphatic heterocycles. The number of hydrogen-bond acceptors (Lipinski definition) is 26. The Kier molecular flexibility index (Phi) is 47.0. The number of aryl methyl sites for hydroxylation is 1. The average molecular weight is 1750 g/mol. The molecule has 0 spiro atoms. The zero-order valence-corrected chi connectivity index (χ0v) is 70.1. The molecular weight excluding hydrogens is 1660 g/mol. The molecule has 9 aromatic rings. The third-order valence-corrected chi connectivity index (χ3v) is 16.6. The molecule has 5 N–H and O–H groups in total. The Morgan fingerprint density at radius 2 is 0.922 bits per heavy atom. The highest BCUT2D eigenvalue weighted by atomic mass is 35.5. The van der Waals surface area contributed by atoms with Crippen molar-refractivity contribution < 1.29 is 58.2 Å². The number of aromatic nitrogens is 11. The predicted molar refractivity (Wildman–Crippen MR) is 443 cm³/mol. The van der Waals surface area contributed by atoms with Gasteiger partial charge in [0, 0.05) is 114 Å². The van der Waals surface area contributed by atoms with Gasteiger partial charge in [0.1, 0.15) is 43.1 Å². The fourth-order valence-electron chi connectivity index (χ4n) is 9.36. The molecule has 0 saturated heterocycles. The van der Waals surface area contributed by atoms with Crippen molar-refractivity contribution in [3.63, 3.8) is 0 Å². The molecule has 0 bridgehead atoms. The zero-order chi connectivity index (χ0) is 86.1. The Hall–Kier alpha value is -9.99. The molecule has 115 heavy (non-hydrogen) atoms. The summed E-state index contributed by atoms with van der Waals surface area (Å²) in [5.74, 6) is -0.679. The molecule has 38 heteroatoms. The van der Waals surface area contributed by atoms with Crippen LogP contribution in [-0.2, 0) is 61.1 Å². The lowest BCUT2D eigenvalue weighted by Gasteiger charge is -2.09. The highest BCUT2D eigenvalue weighted by Gasteiger charge is 2.21. The summed E-state index contributed by atoms with van der Waals surface area (Å²) >= 11 is 46.5. The van der Waals surface area contributed by atoms with Crippen molar-refractivity contribution in [2.75, 3.05) is 82.3 Å². The van der Waals surface area contributed by atoms with Crippen LogP contribution in [0.5, 0.6) is 11.8 Å². The molecule has 0 aliphatic rings. The van der Waals surface area contributed by atoms with E-state index >= 15 is 0 Å². The second kappa shape index (κ2) is 55.5. The van der Waals surface area contributed by atoms with Crippen LogP contribution in [0.15, 0.2) is 172 Å². The van der Waals surface area contributed by atoms with Gasteiger partial charge in [-0.15, -0.1) is 0 Å². The molecule has 9 rings (SSSR count). The summed E-state index contributed by atoms with van der Waals surface area (Å²) in [6.07, 6.45) is 25.9. The highest BCUT2D eigenvalue weighted by molar-refractivity contribution is 6.33. The number of ether oxygens (including phenoxy) is 6. The van der Waals surface area contributed by atoms with Gasteiger partial charge in [0.05, 0.1) is 96.5 Å². The van der Waals surface area contributed by atoms with Crippen molar-refractivity contribution in [2.45, 2.75) is 90.4 Å². The molecule has 0 aliphatic carbocycles. The molecule has 0 radical (unpaired) electrons. The number of unbranched alkanes of at least 4 members (excludes halogenated alkanes) is 6. The monoisotopic (exact) mass is 1750 g/mol. The van der Waals surface area contributed by atoms with E-state index in [2.05, 4.69) is 64.1 Å². The number of nitrogens with zero attached hydrogens (tertiary/aromatic N) is 12. The number of esters is 4. The van der Waals surface area contributed by atoms with E-state index in [1.165, 1.54) is 91.2 Å². The molecule has 0 unspecified atom stereocenters. The highest BCUT2D eigenvalue weighted by Crippen LogP contribution is 2.19. The summed E-state index contributed by atoms with van der Waals surface area (Å²) in [4.78, 5) is 129. The number of carbonyl (C=O) groups excluding carboxylic acids is 5. The minimum absolute atomic E-state index is 0.109. The average Bonchev–Trinajstić information content (AvgIpc) is 0.827. The molecule has 9 aromatic heterocycles. The van der Waals surface area contributed by atoms with Crippen LogP contribution >= 0.6 is 92.8 Å². The smallest absolute Gasteiger partial charge is 0.345 e. The van der Waals surface area contributed by atoms with Gasteiger partial charge in [-0.25, -0.2) is 49.1 Å². The fraction of sp³-hybridized carbons (Fsp3) is 0.325. The number of nitrogens with two attached hydrogens (primary N) is 2. The predicted octanol–water partition coefficient (Wildman–Crippen LogP) is 13.6. The Labute approximate surface area is 705 Å². The lowest BCUT2D eigenvalue weighted by Crippen LogP contribution is -2.27. The summed E-state index contributed by atoms with van der Waals surface area (Å²) in [5.41, 5.74) is 12.4. The lowest BCUT2D eigenvalue weighted by atomic mass is 10.0. The minimum Gasteiger partial charge on any atom is -0.481 e. The quantitative estimate of drug-likeness (QED) is 0.00433. The van der Waals surface area contributed by atoms with Crippen LogP contribution in [0.25, 0.3) is 0 Å². The Balaban J connectivity index is 0.000000372. The van der Waals surface area contributed by atoms with Gasteiger partial charge >= 0.3 is 23.9 Å². The summed E-state index contributed by atoms with van der Waals surface area (Å²) in [6, 6.07) is 21.2. The van der Waals surface area contributed by atoms with Crippen molar-refractivity contribution >= 4 is 128 Å². The Bertz CT molecular complexity index is 4670. The number of rotatable bonds is 30. The number of Topliss-reactive ketones (excluding diaryl/α,β-unsaturated/α-hetero) is 1. The SMILES string of the molecule is COC(=O)C(=C/C(Cl)=C/N(C)C)C(=O)OC.COC(=O)c1cc(Cl)cn(Cc2ccc(Cl)nc2)c1=O.COC(=O)c1cc(Cl)cn(Cc2ccc(Cl)nc2)c1=O.COc1ccnc(CCCCCCCC(=O)c2cc(Cl)cn(Cc3ccc(Cl)nc3)c2=O)n1.COc1ccnc(NCCCCCN)n1.NCc1ccc(Cl)nc1.[2H]CF. The van der Waals surface area contributed by atoms with Crippen LogP contribution in [0.3, 0.4) is 0 Å². The molecule has 0 fully saturated rings. The third kappa shape index (κ3) is 37.9. The second-order valence-electron chi connectivity index (χ2n) is 23.6. The number of anilines is 1. The standard InChI is InChI=1S/C24H26Cl2N4O3.2C13H10Cl2N2O3.C10H14ClNO4.C10H18N4O.C6H7ClN2.CH3F/c1-33-23-11-12-27-22(29-23)8-6-4-2-3-5-7-20(31)19-13-18(25)16-30(24(19)32)15-17-9-10-21(26)28-14-17;2*1-20-13(19)10-4-9(14)7-17(12(10)18)6-8-2-3-11(15)16-5-8;1-12(2)6-7(11)5-8(9(13)15-3)10(14)16-4;1-15-9-5-8-13-10(14-9)12-7-4-2-3-6-11;7-6-2-1-5(3-8)4-9-6;1-2/h9-14,16H,2-8,15H2,1H3;2*2-5,7H,6H2,1H3;5-6H,1-4H3;5,8H,2-4,6-7,11H2,1H3,(H,12,13,14);1-2,4H,3,8H2;1H3/b;;;7-6-;;;/i;;;;;;1D. The van der Waals surface area contributed by atoms with Crippen LogP contribution in [0.1, 0.15) is 118 Å². The normalized spacial score (nSPS) is 10.4. The van der Waals surface area contributed by atoms with Crippen LogP contribution in [0, 0.1) is 0 Å². The number of alkyl halides is 1. The van der Waals surface area contributed by atoms with Gasteiger partial charge in [-0.2, -0.15) is 9.97 Å². The van der Waals surface area contributed by atoms with E-state index < -0.39 is 42.1 Å². The van der Waals surface area contributed by atoms with Crippen LogP contribution in [-0.4, -0.2) is 165 Å². The third-order valence-electron chi connectivity index (χ3n) is 14.9. The summed E-state index contributed by atoms with van der Waals surface area (Å²) in [7, 11) is 10.4. The topological polar surface area (TPSA) is 377 Å². The number of ketones is 1. The first-order valence-corrected chi connectivity index (χ1v) is 37.5. The van der Waals surface area contributed by atoms with Crippen molar-refractivity contribution in [3.8, 4) is 11.8 Å². The number of pyridine rings is 7. The van der Waals surface area contributed by atoms with Crippen molar-refractivity contribution in [2.24, 2.45) is 11.5 Å². The fourth-order valence-corrected chi connectivity index (χ4v) is 10.8. The van der Waals surface area contributed by atoms with E-state index in [0.29, 0.717) is 56.3 Å². The van der Waals surface area contributed by atoms with Gasteiger partial charge in [0.2, 0.25) is 17.7 Å². The number of allylic oxidation sites excluding steroid dienone is 2. The molecular formula is C77H88Cl8FN15O14. The summed E-state index contributed by atoms with van der Waals surface area (Å²) < 4.78 is 47.6. The van der Waals surface area contributed by atoms with Crippen molar-refractivity contribution in [1.29, 1.82) is 0 Å². The van der Waals surface area contributed by atoms with Crippen LogP contribution in [0.4, 0.5) is 10.3 Å². The number of carbonyl (C=O) groups is 5. The van der Waals surface area contributed by atoms with Crippen molar-refractivity contribution in [1.82, 2.24) is 58.5 Å². The maximum atomic E-state index is 12.8. The van der Waals surface area contributed by atoms with Gasteiger partial charge in [-0.05, 0) is 103 Å². The van der Waals surface area contributed by atoms with Crippen LogP contribution in [0.2, 0.25) is 35.7 Å². The van der Waals surface area contributed by atoms with E-state index in [4.69, 9.17) is 115 Å². The van der Waals surface area contributed by atoms with Gasteiger partial charge in [-0.1, -0.05) is 143 Å². The zero-order valence-electron chi connectivity index (χ0n) is 65.0. The second-order valence-corrected chi connectivity index (χ2v) is 26.9. The molecule has 0 amide bonds. The van der Waals surface area contributed by atoms with Crippen molar-refractivity contribution in [3.05, 3.63) is 269 Å². The van der Waals surface area contributed by atoms with E-state index in [0.717, 1.165) is 99.0 Å². The molecule has 29 nitrogen and oxygen atoms in total. The maximum absolute atomic E-state index is 12.8. The summed E-state index contributed by atoms with van der Waals surface area (Å²) in [5, 5.41) is 5.85. The maximum Gasteiger partial charge on any atom is 0.345 e. The number of methoxy groups -OCH3 is 6. The number of hydrogen-bond donors (Lipinski definition) is 3. The molecule has 0 aromatic carbocycles. The van der Waals surface area contributed by atoms with E-state index in [1.807, 2.05) is 6.07 Å². The van der Waals surface area contributed by atoms with E-state index in [-0.39, 0.29) is 68.3 Å². The molecule has 9 heterocycles. The molecule has 618 valence electrons. The number of halogens is 9. The van der Waals surface area contributed by atoms with Gasteiger partial charge < -0.3 is 63.8 Å². The Morgan fingerprint density at radius 1 is 0.522 bits per heavy atom. The van der Waals surface area contributed by atoms with E-state index in [1.54, 1.807) is 125 Å². The van der Waals surface area contributed by atoms with Crippen LogP contribution < -0.4 is 42.9 Å². The van der Waals surface area contributed by atoms with Gasteiger partial charge in [-0.3, -0.25) is 23.6 Å².